The molecule has 0 aliphatic rings. The highest BCUT2D eigenvalue weighted by Crippen LogP contribution is 2.22. The van der Waals surface area contributed by atoms with E-state index in [9.17, 15) is 4.79 Å². The standard InChI is InChI=1S/C28H33N3O2/c1-3-21(2)23-16-14-22(15-17-23)20-31-25-11-7-6-10-24(25)30-27(31)13-5-4-8-18-29-28(32)26-12-9-19-33-26/h6-7,9-12,14-17,19,21H,3-5,8,13,18,20H2,1-2H3,(H,29,32). The van der Waals surface area contributed by atoms with E-state index in [1.165, 1.54) is 22.9 Å². The minimum absolute atomic E-state index is 0.152. The Morgan fingerprint density at radius 3 is 2.61 bits per heavy atom. The first kappa shape index (κ1) is 22.8. The molecule has 0 fully saturated rings. The van der Waals surface area contributed by atoms with Gasteiger partial charge in [-0.3, -0.25) is 4.79 Å². The first-order valence-corrected chi connectivity index (χ1v) is 12.0. The van der Waals surface area contributed by atoms with E-state index in [2.05, 4.69) is 66.2 Å². The largest absolute Gasteiger partial charge is 0.459 e. The normalized spacial score (nSPS) is 12.2. The Hall–Kier alpha value is -3.34. The number of hydrogen-bond donors (Lipinski definition) is 1. The Morgan fingerprint density at radius 1 is 1.03 bits per heavy atom. The molecule has 0 saturated heterocycles. The van der Waals surface area contributed by atoms with Gasteiger partial charge in [0.05, 0.1) is 17.3 Å². The number of furan rings is 1. The summed E-state index contributed by atoms with van der Waals surface area (Å²) in [4.78, 5) is 16.9. The first-order valence-electron chi connectivity index (χ1n) is 12.0. The molecular weight excluding hydrogens is 410 g/mol. The third-order valence-electron chi connectivity index (χ3n) is 6.34. The SMILES string of the molecule is CCC(C)c1ccc(Cn2c(CCCCCNC(=O)c3ccco3)nc3ccccc32)cc1. The summed E-state index contributed by atoms with van der Waals surface area (Å²) in [6, 6.07) is 20.8. The van der Waals surface area contributed by atoms with Crippen molar-refractivity contribution in [1.29, 1.82) is 0 Å². The summed E-state index contributed by atoms with van der Waals surface area (Å²) in [5, 5.41) is 2.91. The van der Waals surface area contributed by atoms with E-state index in [0.717, 1.165) is 50.0 Å². The summed E-state index contributed by atoms with van der Waals surface area (Å²) in [5.74, 6) is 1.93. The fourth-order valence-electron chi connectivity index (χ4n) is 4.14. The molecule has 4 rings (SSSR count). The van der Waals surface area contributed by atoms with Gasteiger partial charge in [-0.25, -0.2) is 4.98 Å². The van der Waals surface area contributed by atoms with Crippen molar-refractivity contribution in [3.05, 3.63) is 89.6 Å². The monoisotopic (exact) mass is 443 g/mol. The number of fused-ring (bicyclic) bond motifs is 1. The summed E-state index contributed by atoms with van der Waals surface area (Å²) < 4.78 is 7.48. The van der Waals surface area contributed by atoms with Gasteiger partial charge in [-0.15, -0.1) is 0 Å². The van der Waals surface area contributed by atoms with Crippen LogP contribution in [0.3, 0.4) is 0 Å². The fraction of sp³-hybridized carbons (Fsp3) is 0.357. The maximum absolute atomic E-state index is 11.9. The minimum atomic E-state index is -0.152. The Labute approximate surface area is 195 Å². The average Bonchev–Trinajstić information content (AvgIpc) is 3.50. The van der Waals surface area contributed by atoms with E-state index < -0.39 is 0 Å². The van der Waals surface area contributed by atoms with Crippen LogP contribution in [0.4, 0.5) is 0 Å². The Bertz CT molecular complexity index is 1160. The molecule has 0 aliphatic carbocycles. The van der Waals surface area contributed by atoms with E-state index in [1.807, 2.05) is 6.07 Å². The van der Waals surface area contributed by atoms with Crippen LogP contribution in [-0.2, 0) is 13.0 Å². The van der Waals surface area contributed by atoms with Crippen molar-refractivity contribution in [2.75, 3.05) is 6.54 Å². The highest BCUT2D eigenvalue weighted by molar-refractivity contribution is 5.91. The number of benzene rings is 2. The lowest BCUT2D eigenvalue weighted by Crippen LogP contribution is -2.23. The van der Waals surface area contributed by atoms with Gasteiger partial charge in [-0.05, 0) is 60.6 Å². The molecule has 0 saturated carbocycles. The van der Waals surface area contributed by atoms with Gasteiger partial charge >= 0.3 is 0 Å². The number of rotatable bonds is 11. The molecule has 2 aromatic heterocycles. The van der Waals surface area contributed by atoms with Crippen LogP contribution < -0.4 is 5.32 Å². The predicted molar refractivity (Wildman–Crippen MR) is 133 cm³/mol. The third-order valence-corrected chi connectivity index (χ3v) is 6.34. The number of unbranched alkanes of at least 4 members (excludes halogenated alkanes) is 2. The Kier molecular flexibility index (Phi) is 7.61. The number of hydrogen-bond acceptors (Lipinski definition) is 3. The zero-order valence-electron chi connectivity index (χ0n) is 19.6. The van der Waals surface area contributed by atoms with Gasteiger partial charge in [-0.1, -0.05) is 56.7 Å². The van der Waals surface area contributed by atoms with Gasteiger partial charge in [0, 0.05) is 19.5 Å². The lowest BCUT2D eigenvalue weighted by atomic mass is 9.97. The van der Waals surface area contributed by atoms with Gasteiger partial charge in [0.1, 0.15) is 5.82 Å². The second-order valence-electron chi connectivity index (χ2n) is 8.70. The quantitative estimate of drug-likeness (QED) is 0.275. The molecule has 2 heterocycles. The van der Waals surface area contributed by atoms with Gasteiger partial charge in [0.25, 0.3) is 5.91 Å². The van der Waals surface area contributed by atoms with Crippen LogP contribution in [0.2, 0.25) is 0 Å². The zero-order chi connectivity index (χ0) is 23.0. The van der Waals surface area contributed by atoms with Crippen LogP contribution in [0.25, 0.3) is 11.0 Å². The van der Waals surface area contributed by atoms with Crippen molar-refractivity contribution < 1.29 is 9.21 Å². The zero-order valence-corrected chi connectivity index (χ0v) is 19.6. The predicted octanol–water partition coefficient (Wildman–Crippen LogP) is 6.33. The van der Waals surface area contributed by atoms with Gasteiger partial charge in [-0.2, -0.15) is 0 Å². The van der Waals surface area contributed by atoms with Gasteiger partial charge < -0.3 is 14.3 Å². The number of amides is 1. The molecule has 1 N–H and O–H groups in total. The number of aryl methyl sites for hydroxylation is 1. The van der Waals surface area contributed by atoms with E-state index in [4.69, 9.17) is 9.40 Å². The van der Waals surface area contributed by atoms with Crippen molar-refractivity contribution in [3.63, 3.8) is 0 Å². The molecule has 0 aliphatic heterocycles. The lowest BCUT2D eigenvalue weighted by Gasteiger charge is -2.12. The van der Waals surface area contributed by atoms with Crippen LogP contribution in [0.15, 0.2) is 71.3 Å². The van der Waals surface area contributed by atoms with E-state index in [-0.39, 0.29) is 5.91 Å². The third kappa shape index (κ3) is 5.72. The van der Waals surface area contributed by atoms with Crippen molar-refractivity contribution >= 4 is 16.9 Å². The summed E-state index contributed by atoms with van der Waals surface area (Å²) in [6.45, 7) is 5.99. The van der Waals surface area contributed by atoms with Crippen LogP contribution in [0.5, 0.6) is 0 Å². The number of imidazole rings is 1. The second kappa shape index (κ2) is 11.0. The van der Waals surface area contributed by atoms with E-state index >= 15 is 0 Å². The summed E-state index contributed by atoms with van der Waals surface area (Å²) in [6.07, 6.45) is 6.59. The molecule has 5 heteroatoms. The molecule has 0 spiro atoms. The Morgan fingerprint density at radius 2 is 1.85 bits per heavy atom. The van der Waals surface area contributed by atoms with Gasteiger partial charge in [0.2, 0.25) is 0 Å². The molecule has 5 nitrogen and oxygen atoms in total. The maximum atomic E-state index is 11.9. The fourth-order valence-corrected chi connectivity index (χ4v) is 4.14. The number of aromatic nitrogens is 2. The second-order valence-corrected chi connectivity index (χ2v) is 8.70. The van der Waals surface area contributed by atoms with Crippen LogP contribution >= 0.6 is 0 Å². The topological polar surface area (TPSA) is 60.1 Å². The van der Waals surface area contributed by atoms with Crippen molar-refractivity contribution in [2.45, 2.75) is 58.4 Å². The number of carbonyl (C=O) groups excluding carboxylic acids is 1. The van der Waals surface area contributed by atoms with Crippen molar-refractivity contribution in [2.24, 2.45) is 0 Å². The molecule has 33 heavy (non-hydrogen) atoms. The number of nitrogens with one attached hydrogen (secondary N) is 1. The Balaban J connectivity index is 1.35. The van der Waals surface area contributed by atoms with Crippen LogP contribution in [0.1, 0.15) is 73.0 Å². The molecular formula is C28H33N3O2. The summed E-state index contributed by atoms with van der Waals surface area (Å²) in [5.41, 5.74) is 4.93. The molecule has 1 unspecified atom stereocenters. The highest BCUT2D eigenvalue weighted by Gasteiger charge is 2.12. The smallest absolute Gasteiger partial charge is 0.286 e. The van der Waals surface area contributed by atoms with E-state index in [0.29, 0.717) is 18.2 Å². The molecule has 4 aromatic rings. The number of carbonyl (C=O) groups is 1. The molecule has 1 amide bonds. The van der Waals surface area contributed by atoms with Gasteiger partial charge in [0.15, 0.2) is 5.76 Å². The first-order chi connectivity index (χ1) is 16.2. The summed E-state index contributed by atoms with van der Waals surface area (Å²) >= 11 is 0. The van der Waals surface area contributed by atoms with Crippen molar-refractivity contribution in [1.82, 2.24) is 14.9 Å². The highest BCUT2D eigenvalue weighted by atomic mass is 16.3. The van der Waals surface area contributed by atoms with Crippen LogP contribution in [-0.4, -0.2) is 22.0 Å². The lowest BCUT2D eigenvalue weighted by molar-refractivity contribution is 0.0925. The number of para-hydroxylation sites is 2. The van der Waals surface area contributed by atoms with Crippen molar-refractivity contribution in [3.8, 4) is 0 Å². The average molecular weight is 444 g/mol. The minimum Gasteiger partial charge on any atom is -0.459 e. The molecule has 0 radical (unpaired) electrons. The van der Waals surface area contributed by atoms with Crippen LogP contribution in [0, 0.1) is 0 Å². The molecule has 2 aromatic carbocycles. The molecule has 0 bridgehead atoms. The van der Waals surface area contributed by atoms with E-state index in [1.54, 1.807) is 12.1 Å². The summed E-state index contributed by atoms with van der Waals surface area (Å²) in [7, 11) is 0. The maximum Gasteiger partial charge on any atom is 0.286 e. The number of nitrogens with zero attached hydrogens (tertiary/aromatic N) is 2. The molecule has 172 valence electrons. The molecule has 1 atom stereocenters.